The predicted octanol–water partition coefficient (Wildman–Crippen LogP) is 1.38. The summed E-state index contributed by atoms with van der Waals surface area (Å²) in [5.74, 6) is 1.46. The molecule has 0 spiro atoms. The van der Waals surface area contributed by atoms with Crippen LogP contribution in [0.5, 0.6) is 5.75 Å². The molecular formula is C12H13N5O. The molecule has 2 aromatic rings. The lowest BCUT2D eigenvalue weighted by atomic mass is 10.3. The summed E-state index contributed by atoms with van der Waals surface area (Å²) in [6.07, 6.45) is 0. The first kappa shape index (κ1) is 11.8. The summed E-state index contributed by atoms with van der Waals surface area (Å²) >= 11 is 0. The molecule has 1 heterocycles. The molecule has 2 rings (SSSR count). The number of rotatable bonds is 3. The zero-order valence-corrected chi connectivity index (χ0v) is 10.1. The number of methoxy groups -OCH3 is 1. The van der Waals surface area contributed by atoms with Crippen molar-refractivity contribution in [3.05, 3.63) is 29.8 Å². The Morgan fingerprint density at radius 2 is 2.28 bits per heavy atom. The molecule has 0 saturated carbocycles. The van der Waals surface area contributed by atoms with Crippen LogP contribution in [0.25, 0.3) is 5.69 Å². The molecule has 1 aromatic heterocycles. The van der Waals surface area contributed by atoms with E-state index >= 15 is 0 Å². The number of nitrogens with two attached hydrogens (primary N) is 1. The van der Waals surface area contributed by atoms with E-state index in [4.69, 9.17) is 15.7 Å². The number of anilines is 2. The fraction of sp³-hybridized carbons (Fsp3) is 0.167. The van der Waals surface area contributed by atoms with Gasteiger partial charge in [0.15, 0.2) is 5.82 Å². The maximum atomic E-state index is 9.04. The minimum atomic E-state index is 0.301. The van der Waals surface area contributed by atoms with Gasteiger partial charge in [0, 0.05) is 13.1 Å². The Labute approximate surface area is 105 Å². The maximum Gasteiger partial charge on any atom is 0.168 e. The molecule has 0 atom stereocenters. The Balaban J connectivity index is 2.57. The average molecular weight is 243 g/mol. The molecule has 0 bridgehead atoms. The monoisotopic (exact) mass is 243 g/mol. The fourth-order valence-corrected chi connectivity index (χ4v) is 1.66. The highest BCUT2D eigenvalue weighted by atomic mass is 16.5. The van der Waals surface area contributed by atoms with Crippen molar-refractivity contribution in [3.8, 4) is 17.5 Å². The van der Waals surface area contributed by atoms with Gasteiger partial charge >= 0.3 is 0 Å². The highest BCUT2D eigenvalue weighted by molar-refractivity contribution is 5.66. The number of hydrogen-bond donors (Lipinski definition) is 2. The smallest absolute Gasteiger partial charge is 0.168 e. The van der Waals surface area contributed by atoms with Gasteiger partial charge in [-0.2, -0.15) is 5.26 Å². The van der Waals surface area contributed by atoms with Crippen LogP contribution in [0.15, 0.2) is 24.3 Å². The lowest BCUT2D eigenvalue weighted by molar-refractivity contribution is 0.414. The average Bonchev–Trinajstić information content (AvgIpc) is 2.75. The molecule has 0 radical (unpaired) electrons. The molecule has 0 aliphatic rings. The van der Waals surface area contributed by atoms with Crippen LogP contribution in [0.1, 0.15) is 5.56 Å². The van der Waals surface area contributed by atoms with Crippen molar-refractivity contribution < 1.29 is 4.74 Å². The SMILES string of the molecule is CNc1nn(-c2cccc(OC)c2)c(N)c1C#N. The molecule has 0 amide bonds. The van der Waals surface area contributed by atoms with Crippen LogP contribution in [0.2, 0.25) is 0 Å². The summed E-state index contributed by atoms with van der Waals surface area (Å²) in [4.78, 5) is 0. The minimum Gasteiger partial charge on any atom is -0.497 e. The number of nitrogen functional groups attached to an aromatic ring is 1. The molecule has 0 saturated heterocycles. The first-order valence-corrected chi connectivity index (χ1v) is 5.32. The Bertz CT molecular complexity index is 611. The molecule has 0 aliphatic carbocycles. The van der Waals surface area contributed by atoms with E-state index in [0.717, 1.165) is 5.69 Å². The van der Waals surface area contributed by atoms with Gasteiger partial charge in [0.25, 0.3) is 0 Å². The Morgan fingerprint density at radius 1 is 1.50 bits per heavy atom. The molecular weight excluding hydrogens is 230 g/mol. The Hall–Kier alpha value is -2.68. The van der Waals surface area contributed by atoms with Gasteiger partial charge in [0.1, 0.15) is 23.2 Å². The van der Waals surface area contributed by atoms with E-state index in [9.17, 15) is 0 Å². The second-order valence-electron chi connectivity index (χ2n) is 3.58. The predicted molar refractivity (Wildman–Crippen MR) is 68.8 cm³/mol. The van der Waals surface area contributed by atoms with Crippen molar-refractivity contribution in [2.45, 2.75) is 0 Å². The molecule has 0 fully saturated rings. The van der Waals surface area contributed by atoms with Crippen molar-refractivity contribution in [3.63, 3.8) is 0 Å². The first-order valence-electron chi connectivity index (χ1n) is 5.32. The van der Waals surface area contributed by atoms with E-state index in [1.165, 1.54) is 4.68 Å². The number of nitriles is 1. The summed E-state index contributed by atoms with van der Waals surface area (Å²) in [7, 11) is 3.28. The molecule has 6 heteroatoms. The third-order valence-electron chi connectivity index (χ3n) is 2.57. The van der Waals surface area contributed by atoms with Crippen molar-refractivity contribution in [1.82, 2.24) is 9.78 Å². The molecule has 18 heavy (non-hydrogen) atoms. The summed E-state index contributed by atoms with van der Waals surface area (Å²) in [5.41, 5.74) is 6.99. The molecule has 0 aliphatic heterocycles. The van der Waals surface area contributed by atoms with Crippen LogP contribution in [0.3, 0.4) is 0 Å². The van der Waals surface area contributed by atoms with E-state index in [-0.39, 0.29) is 0 Å². The van der Waals surface area contributed by atoms with Crippen molar-refractivity contribution in [2.24, 2.45) is 0 Å². The first-order chi connectivity index (χ1) is 8.71. The largest absolute Gasteiger partial charge is 0.497 e. The van der Waals surface area contributed by atoms with Gasteiger partial charge in [-0.3, -0.25) is 0 Å². The summed E-state index contributed by atoms with van der Waals surface area (Å²) in [6.45, 7) is 0. The van der Waals surface area contributed by atoms with E-state index in [1.54, 1.807) is 20.2 Å². The van der Waals surface area contributed by atoms with Crippen LogP contribution < -0.4 is 15.8 Å². The summed E-state index contributed by atoms with van der Waals surface area (Å²) in [6, 6.07) is 9.33. The number of benzene rings is 1. The van der Waals surface area contributed by atoms with E-state index < -0.39 is 0 Å². The number of nitrogens with zero attached hydrogens (tertiary/aromatic N) is 3. The van der Waals surface area contributed by atoms with Gasteiger partial charge in [-0.1, -0.05) is 6.07 Å². The van der Waals surface area contributed by atoms with E-state index in [0.29, 0.717) is 22.9 Å². The minimum absolute atomic E-state index is 0.301. The third kappa shape index (κ3) is 1.82. The van der Waals surface area contributed by atoms with Crippen molar-refractivity contribution in [1.29, 1.82) is 5.26 Å². The van der Waals surface area contributed by atoms with Gasteiger partial charge in [-0.05, 0) is 12.1 Å². The van der Waals surface area contributed by atoms with Gasteiger partial charge in [-0.15, -0.1) is 5.10 Å². The quantitative estimate of drug-likeness (QED) is 0.850. The molecule has 0 unspecified atom stereocenters. The number of ether oxygens (including phenoxy) is 1. The van der Waals surface area contributed by atoms with Gasteiger partial charge in [0.05, 0.1) is 12.8 Å². The fourth-order valence-electron chi connectivity index (χ4n) is 1.66. The van der Waals surface area contributed by atoms with Gasteiger partial charge < -0.3 is 15.8 Å². The molecule has 1 aromatic carbocycles. The van der Waals surface area contributed by atoms with E-state index in [2.05, 4.69) is 10.4 Å². The van der Waals surface area contributed by atoms with Crippen LogP contribution in [-0.4, -0.2) is 23.9 Å². The third-order valence-corrected chi connectivity index (χ3v) is 2.57. The number of nitrogens with one attached hydrogen (secondary N) is 1. The topological polar surface area (TPSA) is 88.9 Å². The van der Waals surface area contributed by atoms with Crippen molar-refractivity contribution in [2.75, 3.05) is 25.2 Å². The molecule has 3 N–H and O–H groups in total. The second kappa shape index (κ2) is 4.67. The zero-order valence-electron chi connectivity index (χ0n) is 10.1. The summed E-state index contributed by atoms with van der Waals surface area (Å²) < 4.78 is 6.65. The number of aromatic nitrogens is 2. The second-order valence-corrected chi connectivity index (χ2v) is 3.58. The van der Waals surface area contributed by atoms with Crippen LogP contribution in [-0.2, 0) is 0 Å². The number of hydrogen-bond acceptors (Lipinski definition) is 5. The van der Waals surface area contributed by atoms with Gasteiger partial charge in [0.2, 0.25) is 0 Å². The van der Waals surface area contributed by atoms with Crippen LogP contribution >= 0.6 is 0 Å². The highest BCUT2D eigenvalue weighted by Crippen LogP contribution is 2.25. The van der Waals surface area contributed by atoms with E-state index in [1.807, 2.05) is 24.3 Å². The Morgan fingerprint density at radius 3 is 2.83 bits per heavy atom. The van der Waals surface area contributed by atoms with Crippen LogP contribution in [0.4, 0.5) is 11.6 Å². The van der Waals surface area contributed by atoms with Crippen molar-refractivity contribution >= 4 is 11.6 Å². The maximum absolute atomic E-state index is 9.04. The van der Waals surface area contributed by atoms with Gasteiger partial charge in [-0.25, -0.2) is 4.68 Å². The lowest BCUT2D eigenvalue weighted by Crippen LogP contribution is -2.02. The molecule has 92 valence electrons. The molecule has 6 nitrogen and oxygen atoms in total. The zero-order chi connectivity index (χ0) is 13.1. The summed E-state index contributed by atoms with van der Waals surface area (Å²) in [5, 5.41) is 16.1. The highest BCUT2D eigenvalue weighted by Gasteiger charge is 2.15. The standard InChI is InChI=1S/C12H13N5O/c1-15-12-10(7-13)11(14)17(16-12)8-4-3-5-9(6-8)18-2/h3-6H,14H2,1-2H3,(H,15,16). The normalized spacial score (nSPS) is 9.83. The Kier molecular flexibility index (Phi) is 3.06. The lowest BCUT2D eigenvalue weighted by Gasteiger charge is -2.05. The van der Waals surface area contributed by atoms with Crippen LogP contribution in [0, 0.1) is 11.3 Å².